The standard InChI is InChI=1S/C18H24N4O2/c1-14-3-2-4-15(11-14)12-22-17(7-8-19-22)20-18(24)13-21(9-10-23)16-5-6-16/h2-4,7-8,11,16,23H,5-6,9-10,12-13H2,1H3,(H,20,24). The normalized spacial score (nSPS) is 14.1. The number of hydrogen-bond acceptors (Lipinski definition) is 4. The summed E-state index contributed by atoms with van der Waals surface area (Å²) in [7, 11) is 0. The molecule has 1 aliphatic carbocycles. The van der Waals surface area contributed by atoms with Gasteiger partial charge in [0.05, 0.1) is 25.9 Å². The molecule has 0 aliphatic heterocycles. The number of rotatable bonds is 8. The Morgan fingerprint density at radius 2 is 2.25 bits per heavy atom. The van der Waals surface area contributed by atoms with Gasteiger partial charge in [-0.2, -0.15) is 5.10 Å². The zero-order chi connectivity index (χ0) is 16.9. The van der Waals surface area contributed by atoms with E-state index in [1.54, 1.807) is 16.9 Å². The Balaban J connectivity index is 1.61. The number of anilines is 1. The molecule has 1 heterocycles. The van der Waals surface area contributed by atoms with Crippen molar-refractivity contribution in [2.24, 2.45) is 0 Å². The summed E-state index contributed by atoms with van der Waals surface area (Å²) in [5, 5.41) is 16.4. The van der Waals surface area contributed by atoms with Crippen LogP contribution in [0.2, 0.25) is 0 Å². The Labute approximate surface area is 142 Å². The van der Waals surface area contributed by atoms with Crippen molar-refractivity contribution in [3.63, 3.8) is 0 Å². The van der Waals surface area contributed by atoms with Crippen molar-refractivity contribution in [1.82, 2.24) is 14.7 Å². The van der Waals surface area contributed by atoms with Crippen molar-refractivity contribution in [1.29, 1.82) is 0 Å². The van der Waals surface area contributed by atoms with Crippen LogP contribution in [0.15, 0.2) is 36.5 Å². The molecule has 0 bridgehead atoms. The topological polar surface area (TPSA) is 70.4 Å². The quantitative estimate of drug-likeness (QED) is 0.773. The average Bonchev–Trinajstić information content (AvgIpc) is 3.30. The maximum atomic E-state index is 12.3. The predicted molar refractivity (Wildman–Crippen MR) is 92.8 cm³/mol. The molecule has 1 aromatic heterocycles. The lowest BCUT2D eigenvalue weighted by atomic mass is 10.1. The number of benzene rings is 1. The maximum absolute atomic E-state index is 12.3. The largest absolute Gasteiger partial charge is 0.395 e. The van der Waals surface area contributed by atoms with Crippen molar-refractivity contribution < 1.29 is 9.90 Å². The monoisotopic (exact) mass is 328 g/mol. The first kappa shape index (κ1) is 16.7. The number of nitrogens with one attached hydrogen (secondary N) is 1. The Kier molecular flexibility index (Phi) is 5.27. The molecule has 24 heavy (non-hydrogen) atoms. The van der Waals surface area contributed by atoms with Crippen molar-refractivity contribution in [3.05, 3.63) is 47.7 Å². The van der Waals surface area contributed by atoms with Crippen LogP contribution in [0.5, 0.6) is 0 Å². The number of aromatic nitrogens is 2. The molecular formula is C18H24N4O2. The van der Waals surface area contributed by atoms with E-state index >= 15 is 0 Å². The number of carbonyl (C=O) groups is 1. The molecule has 2 N–H and O–H groups in total. The van der Waals surface area contributed by atoms with Gasteiger partial charge in [-0.1, -0.05) is 29.8 Å². The third-order valence-corrected chi connectivity index (χ3v) is 4.20. The number of aliphatic hydroxyl groups excluding tert-OH is 1. The molecule has 0 atom stereocenters. The molecule has 1 amide bonds. The molecule has 1 aromatic carbocycles. The molecule has 1 saturated carbocycles. The minimum absolute atomic E-state index is 0.0682. The third kappa shape index (κ3) is 4.43. The van der Waals surface area contributed by atoms with Gasteiger partial charge in [-0.3, -0.25) is 9.69 Å². The summed E-state index contributed by atoms with van der Waals surface area (Å²) in [6.45, 7) is 3.60. The van der Waals surface area contributed by atoms with Gasteiger partial charge >= 0.3 is 0 Å². The highest BCUT2D eigenvalue weighted by Gasteiger charge is 2.29. The van der Waals surface area contributed by atoms with Crippen LogP contribution in [0.3, 0.4) is 0 Å². The van der Waals surface area contributed by atoms with Gasteiger partial charge in [0.2, 0.25) is 5.91 Å². The zero-order valence-corrected chi connectivity index (χ0v) is 14.0. The summed E-state index contributed by atoms with van der Waals surface area (Å²) >= 11 is 0. The Morgan fingerprint density at radius 3 is 2.96 bits per heavy atom. The number of amides is 1. The molecule has 6 nitrogen and oxygen atoms in total. The van der Waals surface area contributed by atoms with Gasteiger partial charge in [0.25, 0.3) is 0 Å². The first-order valence-electron chi connectivity index (χ1n) is 8.38. The van der Waals surface area contributed by atoms with E-state index in [9.17, 15) is 4.79 Å². The van der Waals surface area contributed by atoms with Crippen LogP contribution in [0.1, 0.15) is 24.0 Å². The van der Waals surface area contributed by atoms with E-state index in [2.05, 4.69) is 35.5 Å². The van der Waals surface area contributed by atoms with E-state index in [1.165, 1.54) is 5.56 Å². The second-order valence-corrected chi connectivity index (χ2v) is 6.34. The summed E-state index contributed by atoms with van der Waals surface area (Å²) in [6, 6.07) is 10.5. The van der Waals surface area contributed by atoms with Gasteiger partial charge < -0.3 is 10.4 Å². The molecule has 128 valence electrons. The fourth-order valence-corrected chi connectivity index (χ4v) is 2.87. The van der Waals surface area contributed by atoms with Gasteiger partial charge in [0.15, 0.2) is 0 Å². The second-order valence-electron chi connectivity index (χ2n) is 6.34. The van der Waals surface area contributed by atoms with Crippen molar-refractivity contribution in [2.75, 3.05) is 25.0 Å². The van der Waals surface area contributed by atoms with Crippen LogP contribution < -0.4 is 5.32 Å². The highest BCUT2D eigenvalue weighted by atomic mass is 16.3. The summed E-state index contributed by atoms with van der Waals surface area (Å²) in [6.07, 6.45) is 3.91. The number of hydrogen-bond donors (Lipinski definition) is 2. The second kappa shape index (κ2) is 7.59. The van der Waals surface area contributed by atoms with E-state index in [4.69, 9.17) is 5.11 Å². The predicted octanol–water partition coefficient (Wildman–Crippen LogP) is 1.64. The smallest absolute Gasteiger partial charge is 0.239 e. The molecule has 1 fully saturated rings. The molecule has 2 aromatic rings. The lowest BCUT2D eigenvalue weighted by Crippen LogP contribution is -2.37. The number of aliphatic hydroxyl groups is 1. The third-order valence-electron chi connectivity index (χ3n) is 4.20. The van der Waals surface area contributed by atoms with Crippen LogP contribution in [0.25, 0.3) is 0 Å². The molecule has 3 rings (SSSR count). The van der Waals surface area contributed by atoms with Crippen molar-refractivity contribution >= 4 is 11.7 Å². The minimum Gasteiger partial charge on any atom is -0.395 e. The highest BCUT2D eigenvalue weighted by Crippen LogP contribution is 2.26. The van der Waals surface area contributed by atoms with E-state index in [-0.39, 0.29) is 12.5 Å². The van der Waals surface area contributed by atoms with Crippen LogP contribution in [0.4, 0.5) is 5.82 Å². The Hall–Kier alpha value is -2.18. The van der Waals surface area contributed by atoms with Gasteiger partial charge in [-0.25, -0.2) is 4.68 Å². The lowest BCUT2D eigenvalue weighted by molar-refractivity contribution is -0.117. The van der Waals surface area contributed by atoms with Crippen LogP contribution in [-0.4, -0.2) is 51.4 Å². The molecule has 0 radical (unpaired) electrons. The molecule has 0 unspecified atom stereocenters. The summed E-state index contributed by atoms with van der Waals surface area (Å²) < 4.78 is 1.79. The van der Waals surface area contributed by atoms with Crippen LogP contribution in [-0.2, 0) is 11.3 Å². The fraction of sp³-hybridized carbons (Fsp3) is 0.444. The van der Waals surface area contributed by atoms with Gasteiger partial charge in [-0.05, 0) is 25.3 Å². The number of carbonyl (C=O) groups excluding carboxylic acids is 1. The Bertz CT molecular complexity index is 694. The van der Waals surface area contributed by atoms with Crippen LogP contribution >= 0.6 is 0 Å². The molecule has 0 spiro atoms. The maximum Gasteiger partial charge on any atom is 0.239 e. The van der Waals surface area contributed by atoms with E-state index < -0.39 is 0 Å². The minimum atomic E-state index is -0.0682. The number of aryl methyl sites for hydroxylation is 1. The summed E-state index contributed by atoms with van der Waals surface area (Å²) in [4.78, 5) is 14.3. The fourth-order valence-electron chi connectivity index (χ4n) is 2.87. The first-order valence-corrected chi connectivity index (χ1v) is 8.38. The van der Waals surface area contributed by atoms with Crippen LogP contribution in [0, 0.1) is 6.92 Å². The SMILES string of the molecule is Cc1cccc(Cn2nccc2NC(=O)CN(CCO)C2CC2)c1. The summed E-state index contributed by atoms with van der Waals surface area (Å²) in [5.41, 5.74) is 2.35. The summed E-state index contributed by atoms with van der Waals surface area (Å²) in [5.74, 6) is 0.627. The van der Waals surface area contributed by atoms with Gasteiger partial charge in [0, 0.05) is 18.7 Å². The van der Waals surface area contributed by atoms with Crippen molar-refractivity contribution in [3.8, 4) is 0 Å². The molecule has 1 aliphatic rings. The average molecular weight is 328 g/mol. The number of nitrogens with zero attached hydrogens (tertiary/aromatic N) is 3. The molecular weight excluding hydrogens is 304 g/mol. The lowest BCUT2D eigenvalue weighted by Gasteiger charge is -2.20. The zero-order valence-electron chi connectivity index (χ0n) is 14.0. The van der Waals surface area contributed by atoms with Gasteiger partial charge in [-0.15, -0.1) is 0 Å². The van der Waals surface area contributed by atoms with Crippen molar-refractivity contribution in [2.45, 2.75) is 32.4 Å². The Morgan fingerprint density at radius 1 is 1.42 bits per heavy atom. The molecule has 0 saturated heterocycles. The molecule has 6 heteroatoms. The highest BCUT2D eigenvalue weighted by molar-refractivity contribution is 5.91. The first-order chi connectivity index (χ1) is 11.7. The van der Waals surface area contributed by atoms with E-state index in [1.807, 2.05) is 11.0 Å². The van der Waals surface area contributed by atoms with E-state index in [0.29, 0.717) is 31.5 Å². The van der Waals surface area contributed by atoms with E-state index in [0.717, 1.165) is 18.4 Å². The van der Waals surface area contributed by atoms with Gasteiger partial charge in [0.1, 0.15) is 5.82 Å².